The number of benzene rings is 1. The van der Waals surface area contributed by atoms with Crippen molar-refractivity contribution in [3.05, 3.63) is 39.7 Å². The number of aryl methyl sites for hydroxylation is 1. The van der Waals surface area contributed by atoms with Crippen LogP contribution in [0.2, 0.25) is 0 Å². The smallest absolute Gasteiger partial charge is 0.272 e. The van der Waals surface area contributed by atoms with E-state index >= 15 is 0 Å². The molecule has 0 aliphatic heterocycles. The molecule has 104 valence electrons. The van der Waals surface area contributed by atoms with Gasteiger partial charge in [-0.05, 0) is 42.3 Å². The largest absolute Gasteiger partial charge is 0.307 e. The summed E-state index contributed by atoms with van der Waals surface area (Å²) in [5, 5.41) is 25.8. The van der Waals surface area contributed by atoms with Crippen molar-refractivity contribution in [1.82, 2.24) is 25.5 Å². The highest BCUT2D eigenvalue weighted by atomic mass is 16.6. The second kappa shape index (κ2) is 4.97. The van der Waals surface area contributed by atoms with Crippen molar-refractivity contribution >= 4 is 5.69 Å². The van der Waals surface area contributed by atoms with Crippen LogP contribution in [0.15, 0.2) is 18.2 Å². The second-order valence-electron chi connectivity index (χ2n) is 4.89. The minimum atomic E-state index is -0.395. The van der Waals surface area contributed by atoms with Gasteiger partial charge in [-0.2, -0.15) is 4.68 Å². The molecule has 1 aromatic carbocycles. The Morgan fingerprint density at radius 3 is 2.95 bits per heavy atom. The average Bonchev–Trinajstić information content (AvgIpc) is 3.12. The van der Waals surface area contributed by atoms with E-state index in [9.17, 15) is 10.1 Å². The Morgan fingerprint density at radius 1 is 1.50 bits per heavy atom. The molecule has 2 aromatic rings. The van der Waals surface area contributed by atoms with E-state index in [4.69, 9.17) is 0 Å². The second-order valence-corrected chi connectivity index (χ2v) is 4.89. The Bertz CT molecular complexity index is 649. The minimum absolute atomic E-state index is 0.0967. The van der Waals surface area contributed by atoms with Crippen molar-refractivity contribution < 1.29 is 4.92 Å². The molecule has 0 amide bonds. The van der Waals surface area contributed by atoms with E-state index in [0.717, 1.165) is 5.69 Å². The molecule has 0 radical (unpaired) electrons. The quantitative estimate of drug-likeness (QED) is 0.648. The zero-order chi connectivity index (χ0) is 14.1. The van der Waals surface area contributed by atoms with E-state index in [1.54, 1.807) is 23.7 Å². The first kappa shape index (κ1) is 12.7. The molecule has 1 aliphatic carbocycles. The highest BCUT2D eigenvalue weighted by Crippen LogP contribution is 2.22. The fraction of sp³-hybridized carbons (Fsp3) is 0.417. The molecule has 3 rings (SSSR count). The van der Waals surface area contributed by atoms with Crippen LogP contribution in [0.1, 0.15) is 24.2 Å². The van der Waals surface area contributed by atoms with Crippen molar-refractivity contribution in [2.75, 3.05) is 0 Å². The summed E-state index contributed by atoms with van der Waals surface area (Å²) < 4.78 is 1.60. The van der Waals surface area contributed by atoms with Crippen LogP contribution < -0.4 is 5.32 Å². The van der Waals surface area contributed by atoms with Crippen molar-refractivity contribution in [1.29, 1.82) is 0 Å². The lowest BCUT2D eigenvalue weighted by Crippen LogP contribution is -2.18. The van der Waals surface area contributed by atoms with Crippen LogP contribution in [0.25, 0.3) is 5.69 Å². The predicted molar refractivity (Wildman–Crippen MR) is 70.4 cm³/mol. The van der Waals surface area contributed by atoms with Gasteiger partial charge in [0, 0.05) is 17.7 Å². The van der Waals surface area contributed by atoms with Gasteiger partial charge in [0.15, 0.2) is 5.82 Å². The van der Waals surface area contributed by atoms with Gasteiger partial charge < -0.3 is 5.32 Å². The van der Waals surface area contributed by atoms with E-state index in [2.05, 4.69) is 20.8 Å². The van der Waals surface area contributed by atoms with Crippen LogP contribution in [-0.2, 0) is 6.54 Å². The van der Waals surface area contributed by atoms with Crippen molar-refractivity contribution in [3.8, 4) is 5.69 Å². The van der Waals surface area contributed by atoms with Gasteiger partial charge in [-0.3, -0.25) is 10.1 Å². The van der Waals surface area contributed by atoms with Crippen LogP contribution in [0, 0.1) is 17.0 Å². The fourth-order valence-electron chi connectivity index (χ4n) is 2.02. The molecule has 8 heteroatoms. The molecule has 0 bridgehead atoms. The molecular formula is C12H14N6O2. The Hall–Kier alpha value is -2.35. The van der Waals surface area contributed by atoms with Gasteiger partial charge in [0.05, 0.1) is 17.2 Å². The van der Waals surface area contributed by atoms with E-state index in [1.807, 2.05) is 0 Å². The summed E-state index contributed by atoms with van der Waals surface area (Å²) in [6.07, 6.45) is 2.39. The summed E-state index contributed by atoms with van der Waals surface area (Å²) in [5.74, 6) is 0.699. The molecule has 1 fully saturated rings. The van der Waals surface area contributed by atoms with Crippen molar-refractivity contribution in [3.63, 3.8) is 0 Å². The highest BCUT2D eigenvalue weighted by molar-refractivity contribution is 5.47. The standard InChI is InChI=1S/C12H14N6O2/c1-8-6-10(4-5-11(8)18(19)20)17-12(14-15-16-17)7-13-9-2-3-9/h4-6,9,13H,2-3,7H2,1H3. The lowest BCUT2D eigenvalue weighted by molar-refractivity contribution is -0.385. The van der Waals surface area contributed by atoms with Crippen LogP contribution >= 0.6 is 0 Å². The molecule has 1 heterocycles. The zero-order valence-corrected chi connectivity index (χ0v) is 11.0. The zero-order valence-electron chi connectivity index (χ0n) is 11.0. The lowest BCUT2D eigenvalue weighted by Gasteiger charge is -2.06. The summed E-state index contributed by atoms with van der Waals surface area (Å²) in [6, 6.07) is 5.42. The number of hydrogen-bond acceptors (Lipinski definition) is 6. The van der Waals surface area contributed by atoms with Gasteiger partial charge in [0.1, 0.15) is 0 Å². The molecule has 1 aliphatic rings. The summed E-state index contributed by atoms with van der Waals surface area (Å²) >= 11 is 0. The van der Waals surface area contributed by atoms with Crippen LogP contribution in [0.5, 0.6) is 0 Å². The molecule has 0 atom stereocenters. The third-order valence-electron chi connectivity index (χ3n) is 3.28. The first-order chi connectivity index (χ1) is 9.65. The van der Waals surface area contributed by atoms with E-state index < -0.39 is 4.92 Å². The highest BCUT2D eigenvalue weighted by Gasteiger charge is 2.21. The number of nitro benzene ring substituents is 1. The molecule has 20 heavy (non-hydrogen) atoms. The third-order valence-corrected chi connectivity index (χ3v) is 3.28. The average molecular weight is 274 g/mol. The molecule has 0 spiro atoms. The normalized spacial score (nSPS) is 14.4. The molecule has 0 unspecified atom stereocenters. The van der Waals surface area contributed by atoms with Gasteiger partial charge >= 0.3 is 0 Å². The maximum atomic E-state index is 10.8. The fourth-order valence-corrected chi connectivity index (χ4v) is 2.02. The monoisotopic (exact) mass is 274 g/mol. The maximum Gasteiger partial charge on any atom is 0.272 e. The number of hydrogen-bond donors (Lipinski definition) is 1. The summed E-state index contributed by atoms with van der Waals surface area (Å²) in [4.78, 5) is 10.4. The van der Waals surface area contributed by atoms with Crippen LogP contribution in [-0.4, -0.2) is 31.2 Å². The Labute approximate surface area is 114 Å². The van der Waals surface area contributed by atoms with E-state index in [0.29, 0.717) is 24.0 Å². The molecule has 1 aromatic heterocycles. The number of nitrogens with zero attached hydrogens (tertiary/aromatic N) is 5. The third kappa shape index (κ3) is 2.50. The molecule has 1 N–H and O–H groups in total. The summed E-state index contributed by atoms with van der Waals surface area (Å²) in [6.45, 7) is 2.29. The number of tetrazole rings is 1. The van der Waals surface area contributed by atoms with Gasteiger partial charge in [-0.25, -0.2) is 0 Å². The summed E-state index contributed by atoms with van der Waals surface area (Å²) in [5.41, 5.74) is 1.41. The SMILES string of the molecule is Cc1cc(-n2nnnc2CNC2CC2)ccc1[N+](=O)[O-]. The number of rotatable bonds is 5. The maximum absolute atomic E-state index is 10.8. The van der Waals surface area contributed by atoms with E-state index in [1.165, 1.54) is 18.9 Å². The Balaban J connectivity index is 1.86. The molecule has 0 saturated heterocycles. The Kier molecular flexibility index (Phi) is 3.15. The van der Waals surface area contributed by atoms with Crippen LogP contribution in [0.4, 0.5) is 5.69 Å². The predicted octanol–water partition coefficient (Wildman–Crippen LogP) is 1.13. The first-order valence-corrected chi connectivity index (χ1v) is 6.41. The molecule has 8 nitrogen and oxygen atoms in total. The Morgan fingerprint density at radius 2 is 2.30 bits per heavy atom. The minimum Gasteiger partial charge on any atom is -0.307 e. The van der Waals surface area contributed by atoms with Gasteiger partial charge in [-0.1, -0.05) is 0 Å². The van der Waals surface area contributed by atoms with Crippen LogP contribution in [0.3, 0.4) is 0 Å². The summed E-state index contributed by atoms with van der Waals surface area (Å²) in [7, 11) is 0. The van der Waals surface area contributed by atoms with E-state index in [-0.39, 0.29) is 5.69 Å². The molecule has 1 saturated carbocycles. The van der Waals surface area contributed by atoms with Gasteiger partial charge in [0.25, 0.3) is 5.69 Å². The first-order valence-electron chi connectivity index (χ1n) is 6.41. The number of nitro groups is 1. The topological polar surface area (TPSA) is 98.8 Å². The van der Waals surface area contributed by atoms with Crippen molar-refractivity contribution in [2.24, 2.45) is 0 Å². The molecular weight excluding hydrogens is 260 g/mol. The number of nitrogens with one attached hydrogen (secondary N) is 1. The van der Waals surface area contributed by atoms with Gasteiger partial charge in [-0.15, -0.1) is 5.10 Å². The number of aromatic nitrogens is 4. The van der Waals surface area contributed by atoms with Gasteiger partial charge in [0.2, 0.25) is 0 Å². The van der Waals surface area contributed by atoms with Crippen molar-refractivity contribution in [2.45, 2.75) is 32.4 Å². The lowest BCUT2D eigenvalue weighted by atomic mass is 10.2.